The van der Waals surface area contributed by atoms with E-state index in [0.29, 0.717) is 0 Å². The monoisotopic (exact) mass is 346 g/mol. The first kappa shape index (κ1) is 17.1. The van der Waals surface area contributed by atoms with Crippen LogP contribution in [0.4, 0.5) is 8.78 Å². The average Bonchev–Trinajstić information content (AvgIpc) is 2.63. The standard InChI is InChI=1S/C19H20F2N2S/c1-2-14-3-6-16(7-4-14)24-23-19(9-11-22-12-10-19)15-5-8-17(20)18(21)13-15/h2-8,13,22-23H,1,9-12H2. The minimum absolute atomic E-state index is 0.373. The van der Waals surface area contributed by atoms with Crippen molar-refractivity contribution in [3.05, 3.63) is 71.8 Å². The van der Waals surface area contributed by atoms with E-state index in [1.54, 1.807) is 12.1 Å². The summed E-state index contributed by atoms with van der Waals surface area (Å²) in [4.78, 5) is 1.07. The largest absolute Gasteiger partial charge is 0.317 e. The van der Waals surface area contributed by atoms with E-state index in [-0.39, 0.29) is 5.54 Å². The molecule has 0 atom stereocenters. The second-order valence-electron chi connectivity index (χ2n) is 5.94. The van der Waals surface area contributed by atoms with E-state index in [2.05, 4.69) is 16.6 Å². The van der Waals surface area contributed by atoms with Crippen LogP contribution in [0.15, 0.2) is 53.9 Å². The summed E-state index contributed by atoms with van der Waals surface area (Å²) in [6, 6.07) is 12.3. The van der Waals surface area contributed by atoms with Crippen LogP contribution >= 0.6 is 11.9 Å². The molecule has 2 nitrogen and oxygen atoms in total. The van der Waals surface area contributed by atoms with Crippen molar-refractivity contribution in [1.29, 1.82) is 0 Å². The number of rotatable bonds is 5. The van der Waals surface area contributed by atoms with Gasteiger partial charge in [-0.2, -0.15) is 0 Å². The lowest BCUT2D eigenvalue weighted by atomic mass is 9.82. The minimum Gasteiger partial charge on any atom is -0.317 e. The number of hydrogen-bond acceptors (Lipinski definition) is 3. The molecule has 1 aliphatic heterocycles. The summed E-state index contributed by atoms with van der Waals surface area (Å²) in [5.74, 6) is -1.61. The molecule has 1 saturated heterocycles. The van der Waals surface area contributed by atoms with Gasteiger partial charge in [0.1, 0.15) is 0 Å². The number of hydrogen-bond donors (Lipinski definition) is 2. The Kier molecular flexibility index (Phi) is 5.33. The fourth-order valence-electron chi connectivity index (χ4n) is 2.93. The van der Waals surface area contributed by atoms with E-state index in [1.807, 2.05) is 24.3 Å². The number of halogens is 2. The van der Waals surface area contributed by atoms with Crippen molar-refractivity contribution in [3.63, 3.8) is 0 Å². The Labute approximate surface area is 145 Å². The molecule has 126 valence electrons. The second-order valence-corrected chi connectivity index (χ2v) is 6.82. The zero-order valence-corrected chi connectivity index (χ0v) is 14.1. The van der Waals surface area contributed by atoms with E-state index in [4.69, 9.17) is 0 Å². The highest BCUT2D eigenvalue weighted by atomic mass is 32.2. The molecule has 0 radical (unpaired) electrons. The Morgan fingerprint density at radius 3 is 2.38 bits per heavy atom. The molecule has 2 aromatic rings. The number of nitrogens with one attached hydrogen (secondary N) is 2. The van der Waals surface area contributed by atoms with E-state index in [0.717, 1.165) is 42.0 Å². The molecular formula is C19H20F2N2S. The van der Waals surface area contributed by atoms with Crippen LogP contribution in [0, 0.1) is 11.6 Å². The molecule has 0 amide bonds. The predicted molar refractivity (Wildman–Crippen MR) is 95.7 cm³/mol. The smallest absolute Gasteiger partial charge is 0.159 e. The molecule has 1 fully saturated rings. The SMILES string of the molecule is C=Cc1ccc(SNC2(c3ccc(F)c(F)c3)CCNCC2)cc1. The van der Waals surface area contributed by atoms with Gasteiger partial charge in [0.05, 0.1) is 5.54 Å². The highest BCUT2D eigenvalue weighted by Crippen LogP contribution is 2.35. The third kappa shape index (κ3) is 3.69. The van der Waals surface area contributed by atoms with Crippen molar-refractivity contribution in [1.82, 2.24) is 10.0 Å². The minimum atomic E-state index is -0.810. The maximum absolute atomic E-state index is 13.7. The molecule has 0 aliphatic carbocycles. The first-order chi connectivity index (χ1) is 11.6. The summed E-state index contributed by atoms with van der Waals surface area (Å²) in [5, 5.41) is 3.32. The van der Waals surface area contributed by atoms with Gasteiger partial charge in [0.15, 0.2) is 11.6 Å². The Morgan fingerprint density at radius 1 is 1.04 bits per heavy atom. The quantitative estimate of drug-likeness (QED) is 0.781. The van der Waals surface area contributed by atoms with Crippen molar-refractivity contribution in [2.75, 3.05) is 13.1 Å². The fraction of sp³-hybridized carbons (Fsp3) is 0.263. The van der Waals surface area contributed by atoms with Gasteiger partial charge in [-0.3, -0.25) is 0 Å². The summed E-state index contributed by atoms with van der Waals surface area (Å²) >= 11 is 1.52. The predicted octanol–water partition coefficient (Wildman–Crippen LogP) is 4.48. The second kappa shape index (κ2) is 7.47. The van der Waals surface area contributed by atoms with Gasteiger partial charge < -0.3 is 5.32 Å². The van der Waals surface area contributed by atoms with Crippen molar-refractivity contribution >= 4 is 18.0 Å². The third-order valence-corrected chi connectivity index (χ3v) is 5.41. The van der Waals surface area contributed by atoms with Crippen LogP contribution < -0.4 is 10.0 Å². The molecule has 2 aromatic carbocycles. The molecule has 1 aliphatic rings. The topological polar surface area (TPSA) is 24.1 Å². The molecule has 0 bridgehead atoms. The van der Waals surface area contributed by atoms with E-state index >= 15 is 0 Å². The van der Waals surface area contributed by atoms with Gasteiger partial charge in [-0.05, 0) is 73.3 Å². The molecule has 0 aromatic heterocycles. The van der Waals surface area contributed by atoms with Crippen molar-refractivity contribution in [2.45, 2.75) is 23.3 Å². The number of piperidine rings is 1. The highest BCUT2D eigenvalue weighted by molar-refractivity contribution is 7.97. The van der Waals surface area contributed by atoms with Crippen molar-refractivity contribution < 1.29 is 8.78 Å². The lowest BCUT2D eigenvalue weighted by Gasteiger charge is -2.38. The van der Waals surface area contributed by atoms with E-state index < -0.39 is 11.6 Å². The van der Waals surface area contributed by atoms with Gasteiger partial charge in [0.25, 0.3) is 0 Å². The van der Waals surface area contributed by atoms with Crippen molar-refractivity contribution in [2.24, 2.45) is 0 Å². The summed E-state index contributed by atoms with van der Waals surface area (Å²) in [5.41, 5.74) is 1.48. The van der Waals surface area contributed by atoms with Gasteiger partial charge >= 0.3 is 0 Å². The molecular weight excluding hydrogens is 326 g/mol. The van der Waals surface area contributed by atoms with Crippen LogP contribution in [0.25, 0.3) is 6.08 Å². The highest BCUT2D eigenvalue weighted by Gasteiger charge is 2.34. The maximum Gasteiger partial charge on any atom is 0.159 e. The lowest BCUT2D eigenvalue weighted by molar-refractivity contribution is 0.293. The van der Waals surface area contributed by atoms with E-state index in [1.165, 1.54) is 24.1 Å². The van der Waals surface area contributed by atoms with Gasteiger partial charge in [-0.25, -0.2) is 13.5 Å². The van der Waals surface area contributed by atoms with Gasteiger partial charge in [-0.15, -0.1) is 0 Å². The zero-order valence-electron chi connectivity index (χ0n) is 13.3. The van der Waals surface area contributed by atoms with Crippen LogP contribution in [-0.2, 0) is 5.54 Å². The Hall–Kier alpha value is -1.69. The molecule has 1 heterocycles. The van der Waals surface area contributed by atoms with Crippen LogP contribution in [0.1, 0.15) is 24.0 Å². The van der Waals surface area contributed by atoms with Crippen LogP contribution in [0.5, 0.6) is 0 Å². The molecule has 2 N–H and O–H groups in total. The first-order valence-electron chi connectivity index (χ1n) is 7.96. The summed E-state index contributed by atoms with van der Waals surface area (Å²) in [7, 11) is 0. The third-order valence-electron chi connectivity index (χ3n) is 4.41. The Morgan fingerprint density at radius 2 is 1.75 bits per heavy atom. The summed E-state index contributed by atoms with van der Waals surface area (Å²) in [6.45, 7) is 5.42. The molecule has 24 heavy (non-hydrogen) atoms. The van der Waals surface area contributed by atoms with Gasteiger partial charge in [0.2, 0.25) is 0 Å². The molecule has 5 heteroatoms. The lowest BCUT2D eigenvalue weighted by Crippen LogP contribution is -2.47. The van der Waals surface area contributed by atoms with Crippen LogP contribution in [0.3, 0.4) is 0 Å². The number of benzene rings is 2. The van der Waals surface area contributed by atoms with Crippen LogP contribution in [-0.4, -0.2) is 13.1 Å². The molecule has 3 rings (SSSR count). The van der Waals surface area contributed by atoms with Gasteiger partial charge in [-0.1, -0.05) is 30.9 Å². The fourth-order valence-corrected chi connectivity index (χ4v) is 3.83. The Balaban J connectivity index is 1.82. The first-order valence-corrected chi connectivity index (χ1v) is 8.77. The maximum atomic E-state index is 13.7. The Bertz CT molecular complexity index is 710. The zero-order chi connectivity index (χ0) is 17.0. The normalized spacial score (nSPS) is 16.8. The van der Waals surface area contributed by atoms with Gasteiger partial charge in [0, 0.05) is 4.90 Å². The van der Waals surface area contributed by atoms with Crippen LogP contribution in [0.2, 0.25) is 0 Å². The van der Waals surface area contributed by atoms with E-state index in [9.17, 15) is 8.78 Å². The summed E-state index contributed by atoms with van der Waals surface area (Å²) in [6.07, 6.45) is 3.43. The molecule has 0 spiro atoms. The van der Waals surface area contributed by atoms with Crippen molar-refractivity contribution in [3.8, 4) is 0 Å². The average molecular weight is 346 g/mol. The molecule has 0 unspecified atom stereocenters. The molecule has 0 saturated carbocycles. The summed E-state index contributed by atoms with van der Waals surface area (Å²) < 4.78 is 30.5.